The second-order valence-electron chi connectivity index (χ2n) is 4.26. The first kappa shape index (κ1) is 36.0. The van der Waals surface area contributed by atoms with Crippen LogP contribution in [0.1, 0.15) is 18.9 Å². The van der Waals surface area contributed by atoms with Crippen LogP contribution in [0, 0.1) is 13.8 Å². The Balaban J connectivity index is -0.000000211. The molecule has 0 saturated carbocycles. The third kappa shape index (κ3) is 20.6. The van der Waals surface area contributed by atoms with Crippen LogP contribution in [0.3, 0.4) is 0 Å². The predicted octanol–water partition coefficient (Wildman–Crippen LogP) is 5.56. The van der Waals surface area contributed by atoms with E-state index in [0.717, 1.165) is 12.0 Å². The summed E-state index contributed by atoms with van der Waals surface area (Å²) in [4.78, 5) is 1.70. The van der Waals surface area contributed by atoms with Crippen LogP contribution in [0.4, 0.5) is 0 Å². The molecular formula is C15H25I3NO3VY2-2. The van der Waals surface area contributed by atoms with Crippen molar-refractivity contribution >= 4 is 59.9 Å². The van der Waals surface area contributed by atoms with Crippen molar-refractivity contribution in [2.75, 3.05) is 27.8 Å². The molecule has 0 saturated heterocycles. The Kier molecular flexibility index (Phi) is 34.3. The summed E-state index contributed by atoms with van der Waals surface area (Å²) in [7, 11) is 5.05. The van der Waals surface area contributed by atoms with Crippen LogP contribution in [-0.4, -0.2) is 37.8 Å². The van der Waals surface area contributed by atoms with Crippen molar-refractivity contribution in [1.29, 1.82) is 0 Å². The Labute approximate surface area is 241 Å². The van der Waals surface area contributed by atoms with E-state index in [2.05, 4.69) is 73.8 Å². The zero-order chi connectivity index (χ0) is 18.4. The number of nitrogens with zero attached hydrogens (tertiary/aromatic N) is 1. The van der Waals surface area contributed by atoms with Crippen LogP contribution in [0.25, 0.3) is 0 Å². The number of aromatic hydroxyl groups is 1. The summed E-state index contributed by atoms with van der Waals surface area (Å²) in [6, 6.07) is 3.33. The maximum absolute atomic E-state index is 9.87. The number of phenolic OH excluding ortho intramolecular Hbond substituents is 1. The summed E-state index contributed by atoms with van der Waals surface area (Å²) >= 11 is 7.39. The molecule has 0 atom stereocenters. The molecular weight excluding hydrogens is 852 g/mol. The molecule has 0 bridgehead atoms. The van der Waals surface area contributed by atoms with Crippen LogP contribution in [0.5, 0.6) is 17.2 Å². The van der Waals surface area contributed by atoms with E-state index in [1.165, 1.54) is 0 Å². The summed E-state index contributed by atoms with van der Waals surface area (Å²) in [6.07, 6.45) is 1.00. The second-order valence-corrected chi connectivity index (χ2v) is 39.6. The molecule has 0 fully saturated rings. The fourth-order valence-corrected chi connectivity index (χ4v) is 1.41. The molecule has 1 N–H and O–H groups in total. The maximum atomic E-state index is 9.87. The second kappa shape index (κ2) is 23.8. The molecule has 0 aliphatic heterocycles. The summed E-state index contributed by atoms with van der Waals surface area (Å²) in [6.45, 7) is 10.5. The molecule has 0 aromatic heterocycles. The smallest absolute Gasteiger partial charge is 0 e. The first-order valence-electron chi connectivity index (χ1n) is 6.75. The van der Waals surface area contributed by atoms with Gasteiger partial charge in [-0.05, 0) is 7.05 Å². The van der Waals surface area contributed by atoms with Crippen molar-refractivity contribution in [2.45, 2.75) is 19.9 Å². The van der Waals surface area contributed by atoms with Gasteiger partial charge < -0.3 is 33.3 Å². The van der Waals surface area contributed by atoms with Crippen LogP contribution in [-0.2, 0) is 76.9 Å². The van der Waals surface area contributed by atoms with Gasteiger partial charge in [-0.1, -0.05) is 6.92 Å². The third-order valence-corrected chi connectivity index (χ3v) is 2.42. The monoisotopic (exact) mass is 877 g/mol. The van der Waals surface area contributed by atoms with Gasteiger partial charge in [0.25, 0.3) is 0 Å². The van der Waals surface area contributed by atoms with Gasteiger partial charge in [-0.25, -0.2) is 0 Å². The number of phenols is 1. The van der Waals surface area contributed by atoms with Gasteiger partial charge in [0.1, 0.15) is 17.2 Å². The predicted molar refractivity (Wildman–Crippen MR) is 121 cm³/mol. The minimum atomic E-state index is -0.278. The average Bonchev–Trinajstić information content (AvgIpc) is 2.48. The largest absolute Gasteiger partial charge is 0 e. The van der Waals surface area contributed by atoms with E-state index in [4.69, 9.17) is 9.47 Å². The Hall–Kier alpha value is 3.56. The standard InChI is InChI=1S/C12H18NO3.C3H7.3HI.V.2Y/c1-5-13(2)8-10-11(14)6-9(15-3)7-12(10)16-4;1-3-2;;;;;;/h6-7,14H,1,5,8H2,2-4H3;1,3H2,2H3;3*1H;;;/q2*-1;;;;+3;;/p-3. The number of hydrogen-bond donors (Lipinski definition) is 1. The fourth-order valence-electron chi connectivity index (χ4n) is 1.41. The van der Waals surface area contributed by atoms with Gasteiger partial charge in [-0.2, -0.15) is 6.42 Å². The maximum Gasteiger partial charge on any atom is 0 e. The number of ether oxygens (including phenoxy) is 2. The Morgan fingerprint density at radius 1 is 1.12 bits per heavy atom. The Bertz CT molecular complexity index is 430. The number of halogens is 3. The van der Waals surface area contributed by atoms with Gasteiger partial charge in [0.2, 0.25) is 0 Å². The van der Waals surface area contributed by atoms with Crippen LogP contribution < -0.4 is 9.47 Å². The first-order valence-corrected chi connectivity index (χ1v) is 20.3. The topological polar surface area (TPSA) is 41.9 Å². The zero-order valence-corrected chi connectivity index (χ0v) is 28.7. The van der Waals surface area contributed by atoms with Crippen LogP contribution in [0.2, 0.25) is 0 Å². The number of methoxy groups -OCH3 is 2. The van der Waals surface area contributed by atoms with Crippen LogP contribution in [0.15, 0.2) is 12.1 Å². The molecule has 0 heterocycles. The van der Waals surface area contributed by atoms with Gasteiger partial charge in [-0.3, -0.25) is 0 Å². The molecule has 1 rings (SSSR count). The van der Waals surface area contributed by atoms with Crippen molar-refractivity contribution < 1.29 is 84.9 Å². The third-order valence-electron chi connectivity index (χ3n) is 2.42. The van der Waals surface area contributed by atoms with Crippen molar-refractivity contribution in [3.8, 4) is 17.2 Å². The van der Waals surface area contributed by atoms with E-state index < -0.39 is 0 Å². The van der Waals surface area contributed by atoms with Gasteiger partial charge in [0, 0.05) is 84.1 Å². The molecule has 1 aromatic rings. The molecule has 10 heteroatoms. The fraction of sp³-hybridized carbons (Fsp3) is 0.467. The van der Waals surface area contributed by atoms with Gasteiger partial charge in [0.05, 0.1) is 19.8 Å². The minimum Gasteiger partial charge on any atom is 0 e. The van der Waals surface area contributed by atoms with Gasteiger partial charge >= 0.3 is 64.9 Å². The van der Waals surface area contributed by atoms with Crippen LogP contribution >= 0.6 is 59.9 Å². The quantitative estimate of drug-likeness (QED) is 0.312. The number of hydrogen-bond acceptors (Lipinski definition) is 4. The van der Waals surface area contributed by atoms with E-state index in [1.54, 1.807) is 26.4 Å². The molecule has 1 aromatic carbocycles. The first-order chi connectivity index (χ1) is 10.8. The molecule has 0 aliphatic carbocycles. The molecule has 142 valence electrons. The number of rotatable bonds is 5. The van der Waals surface area contributed by atoms with Gasteiger partial charge in [-0.15, -0.1) is 6.54 Å². The summed E-state index contributed by atoms with van der Waals surface area (Å²) in [5, 5.41) is 9.87. The van der Waals surface area contributed by atoms with E-state index >= 15 is 0 Å². The van der Waals surface area contributed by atoms with Crippen molar-refractivity contribution in [1.82, 2.24) is 4.90 Å². The van der Waals surface area contributed by atoms with Gasteiger partial charge in [0.15, 0.2) is 0 Å². The Morgan fingerprint density at radius 2 is 1.56 bits per heavy atom. The Morgan fingerprint density at radius 3 is 1.88 bits per heavy atom. The van der Waals surface area contributed by atoms with E-state index in [1.807, 2.05) is 18.9 Å². The van der Waals surface area contributed by atoms with E-state index in [-0.39, 0.29) is 76.1 Å². The summed E-state index contributed by atoms with van der Waals surface area (Å²) < 4.78 is 10.3. The van der Waals surface area contributed by atoms with E-state index in [0.29, 0.717) is 24.6 Å². The molecule has 0 amide bonds. The summed E-state index contributed by atoms with van der Waals surface area (Å²) in [5.41, 5.74) is 0.745. The molecule has 25 heavy (non-hydrogen) atoms. The van der Waals surface area contributed by atoms with Crippen molar-refractivity contribution in [2.24, 2.45) is 0 Å². The van der Waals surface area contributed by atoms with Crippen molar-refractivity contribution in [3.63, 3.8) is 0 Å². The minimum absolute atomic E-state index is 0. The number of benzene rings is 1. The molecule has 0 aliphatic rings. The normalized spacial score (nSPS) is 8.92. The average molecular weight is 877 g/mol. The molecule has 0 spiro atoms. The molecule has 0 unspecified atom stereocenters. The molecule has 4 nitrogen and oxygen atoms in total. The zero-order valence-electron chi connectivity index (χ0n) is 15.1. The SMILES string of the molecule is [CH2-]CC.[CH2-]CN(C)Cc1c(O)cc(OC)cc1OC.[I][V]([I])[I].[Y].[Y]. The van der Waals surface area contributed by atoms with Crippen molar-refractivity contribution in [3.05, 3.63) is 31.5 Å². The molecule has 2 radical (unpaired) electrons. The van der Waals surface area contributed by atoms with E-state index in [9.17, 15) is 5.11 Å². The summed E-state index contributed by atoms with van der Waals surface area (Å²) in [5.74, 6) is 1.38.